The number of halogens is 1. The minimum atomic E-state index is 0.129. The average molecular weight is 464 g/mol. The fraction of sp³-hybridized carbons (Fsp3) is 0.444. The summed E-state index contributed by atoms with van der Waals surface area (Å²) in [7, 11) is 0. The Morgan fingerprint density at radius 1 is 1.03 bits per heavy atom. The summed E-state index contributed by atoms with van der Waals surface area (Å²) < 4.78 is 0. The molecule has 0 saturated heterocycles. The highest BCUT2D eigenvalue weighted by atomic mass is 35.5. The lowest BCUT2D eigenvalue weighted by Crippen LogP contribution is -2.27. The van der Waals surface area contributed by atoms with Gasteiger partial charge in [0.2, 0.25) is 0 Å². The van der Waals surface area contributed by atoms with Crippen molar-refractivity contribution in [3.63, 3.8) is 0 Å². The molecule has 174 valence electrons. The molecule has 0 bridgehead atoms. The Labute approximate surface area is 202 Å². The molecule has 6 heteroatoms. The van der Waals surface area contributed by atoms with Crippen LogP contribution >= 0.6 is 11.6 Å². The van der Waals surface area contributed by atoms with Gasteiger partial charge < -0.3 is 10.2 Å². The minimum absolute atomic E-state index is 0.129. The summed E-state index contributed by atoms with van der Waals surface area (Å²) in [4.78, 5) is 16.8. The summed E-state index contributed by atoms with van der Waals surface area (Å²) in [5.74, 6) is 2.89. The monoisotopic (exact) mass is 463 g/mol. The first kappa shape index (κ1) is 23.5. The van der Waals surface area contributed by atoms with Crippen molar-refractivity contribution in [1.82, 2.24) is 15.0 Å². The van der Waals surface area contributed by atoms with Gasteiger partial charge in [0.05, 0.1) is 10.7 Å². The molecule has 3 heterocycles. The molecular formula is C27H34ClN5. The van der Waals surface area contributed by atoms with Crippen LogP contribution in [-0.4, -0.2) is 28.0 Å². The number of aryl methyl sites for hydroxylation is 1. The molecule has 1 aliphatic heterocycles. The van der Waals surface area contributed by atoms with Crippen molar-refractivity contribution in [2.24, 2.45) is 0 Å². The summed E-state index contributed by atoms with van der Waals surface area (Å²) in [6, 6.07) is 10.6. The Hall–Kier alpha value is -2.66. The predicted octanol–water partition coefficient (Wildman–Crippen LogP) is 6.60. The SMILES string of the molecule is Cc1cnc(N2CCc3nc(C(C)C)nc(Nc4ccc(C(C)(C)C)cc4)c3CC2)c(Cl)c1. The van der Waals surface area contributed by atoms with Gasteiger partial charge in [0.15, 0.2) is 0 Å². The van der Waals surface area contributed by atoms with Crippen molar-refractivity contribution in [1.29, 1.82) is 0 Å². The van der Waals surface area contributed by atoms with Crippen molar-refractivity contribution in [3.05, 3.63) is 69.8 Å². The zero-order valence-corrected chi connectivity index (χ0v) is 21.3. The van der Waals surface area contributed by atoms with Gasteiger partial charge in [-0.2, -0.15) is 0 Å². The summed E-state index contributed by atoms with van der Waals surface area (Å²) in [6.07, 6.45) is 3.55. The van der Waals surface area contributed by atoms with Crippen LogP contribution in [0.1, 0.15) is 68.7 Å². The maximum absolute atomic E-state index is 6.53. The van der Waals surface area contributed by atoms with Crippen molar-refractivity contribution in [3.8, 4) is 0 Å². The fourth-order valence-electron chi connectivity index (χ4n) is 4.14. The summed E-state index contributed by atoms with van der Waals surface area (Å²) in [6.45, 7) is 14.6. The van der Waals surface area contributed by atoms with Crippen LogP contribution in [0.5, 0.6) is 0 Å². The lowest BCUT2D eigenvalue weighted by Gasteiger charge is -2.22. The number of aromatic nitrogens is 3. The molecule has 0 unspecified atom stereocenters. The molecule has 33 heavy (non-hydrogen) atoms. The van der Waals surface area contributed by atoms with Crippen LogP contribution in [-0.2, 0) is 18.3 Å². The maximum atomic E-state index is 6.53. The molecule has 0 spiro atoms. The molecular weight excluding hydrogens is 430 g/mol. The normalized spacial score (nSPS) is 14.2. The number of benzene rings is 1. The van der Waals surface area contributed by atoms with Crippen molar-refractivity contribution in [2.75, 3.05) is 23.3 Å². The highest BCUT2D eigenvalue weighted by Gasteiger charge is 2.23. The maximum Gasteiger partial charge on any atom is 0.147 e. The van der Waals surface area contributed by atoms with E-state index in [-0.39, 0.29) is 11.3 Å². The Balaban J connectivity index is 1.64. The average Bonchev–Trinajstić information content (AvgIpc) is 2.96. The highest BCUT2D eigenvalue weighted by molar-refractivity contribution is 6.33. The second kappa shape index (κ2) is 9.30. The molecule has 2 aromatic heterocycles. The van der Waals surface area contributed by atoms with E-state index in [0.29, 0.717) is 5.02 Å². The van der Waals surface area contributed by atoms with Crippen LogP contribution in [0.15, 0.2) is 36.5 Å². The zero-order chi connectivity index (χ0) is 23.8. The lowest BCUT2D eigenvalue weighted by atomic mass is 9.87. The highest BCUT2D eigenvalue weighted by Crippen LogP contribution is 2.31. The van der Waals surface area contributed by atoms with Gasteiger partial charge in [-0.05, 0) is 48.1 Å². The molecule has 3 aromatic rings. The molecule has 0 atom stereocenters. The Bertz CT molecular complexity index is 1130. The van der Waals surface area contributed by atoms with Gasteiger partial charge in [0, 0.05) is 42.9 Å². The standard InChI is InChI=1S/C27H34ClN5/c1-17(2)24-31-23-12-14-33(26-22(28)15-18(3)16-29-26)13-11-21(23)25(32-24)30-20-9-7-19(8-10-20)27(4,5)6/h7-10,15-17H,11-14H2,1-6H3,(H,30,31,32). The van der Waals surface area contributed by atoms with E-state index in [2.05, 4.69) is 74.1 Å². The van der Waals surface area contributed by atoms with Crippen LogP contribution in [0.4, 0.5) is 17.3 Å². The Morgan fingerprint density at radius 2 is 1.73 bits per heavy atom. The smallest absolute Gasteiger partial charge is 0.147 e. The topological polar surface area (TPSA) is 53.9 Å². The zero-order valence-electron chi connectivity index (χ0n) is 20.5. The molecule has 1 aliphatic rings. The quantitative estimate of drug-likeness (QED) is 0.472. The van der Waals surface area contributed by atoms with Gasteiger partial charge in [-0.1, -0.05) is 58.4 Å². The number of fused-ring (bicyclic) bond motifs is 1. The van der Waals surface area contributed by atoms with Crippen LogP contribution in [0.2, 0.25) is 5.02 Å². The van der Waals surface area contributed by atoms with E-state index in [4.69, 9.17) is 21.6 Å². The summed E-state index contributed by atoms with van der Waals surface area (Å²) >= 11 is 6.53. The van der Waals surface area contributed by atoms with Crippen LogP contribution in [0, 0.1) is 6.92 Å². The van der Waals surface area contributed by atoms with E-state index in [0.717, 1.165) is 60.3 Å². The third-order valence-electron chi connectivity index (χ3n) is 6.15. The molecule has 0 aliphatic carbocycles. The van der Waals surface area contributed by atoms with Crippen molar-refractivity contribution in [2.45, 2.75) is 65.7 Å². The number of hydrogen-bond donors (Lipinski definition) is 1. The van der Waals surface area contributed by atoms with Crippen LogP contribution in [0.25, 0.3) is 0 Å². The molecule has 4 rings (SSSR count). The van der Waals surface area contributed by atoms with E-state index in [1.807, 2.05) is 19.2 Å². The molecule has 0 amide bonds. The molecule has 0 fully saturated rings. The fourth-order valence-corrected chi connectivity index (χ4v) is 4.48. The summed E-state index contributed by atoms with van der Waals surface area (Å²) in [5.41, 5.74) is 5.86. The van der Waals surface area contributed by atoms with Crippen LogP contribution in [0.3, 0.4) is 0 Å². The van der Waals surface area contributed by atoms with Crippen LogP contribution < -0.4 is 10.2 Å². The number of anilines is 3. The van der Waals surface area contributed by atoms with E-state index >= 15 is 0 Å². The number of pyridine rings is 1. The second-order valence-electron chi connectivity index (χ2n) is 10.3. The lowest BCUT2D eigenvalue weighted by molar-refractivity contribution is 0.590. The largest absolute Gasteiger partial charge is 0.355 e. The van der Waals surface area contributed by atoms with Gasteiger partial charge >= 0.3 is 0 Å². The van der Waals surface area contributed by atoms with Crippen molar-refractivity contribution >= 4 is 28.9 Å². The molecule has 0 saturated carbocycles. The molecule has 0 radical (unpaired) electrons. The van der Waals surface area contributed by atoms with E-state index in [1.165, 1.54) is 11.1 Å². The minimum Gasteiger partial charge on any atom is -0.355 e. The number of rotatable bonds is 4. The number of nitrogens with one attached hydrogen (secondary N) is 1. The number of nitrogens with zero attached hydrogens (tertiary/aromatic N) is 4. The third kappa shape index (κ3) is 5.30. The number of hydrogen-bond acceptors (Lipinski definition) is 5. The van der Waals surface area contributed by atoms with E-state index in [1.54, 1.807) is 0 Å². The Morgan fingerprint density at radius 3 is 2.36 bits per heavy atom. The van der Waals surface area contributed by atoms with Gasteiger partial charge in [-0.3, -0.25) is 0 Å². The van der Waals surface area contributed by atoms with E-state index in [9.17, 15) is 0 Å². The first-order chi connectivity index (χ1) is 15.6. The van der Waals surface area contributed by atoms with Gasteiger partial charge in [0.1, 0.15) is 17.5 Å². The first-order valence-electron chi connectivity index (χ1n) is 11.8. The van der Waals surface area contributed by atoms with E-state index < -0.39 is 0 Å². The predicted molar refractivity (Wildman–Crippen MR) is 138 cm³/mol. The second-order valence-corrected chi connectivity index (χ2v) is 10.7. The molecule has 5 nitrogen and oxygen atoms in total. The first-order valence-corrected chi connectivity index (χ1v) is 12.1. The summed E-state index contributed by atoms with van der Waals surface area (Å²) in [5, 5.41) is 4.30. The van der Waals surface area contributed by atoms with Gasteiger partial charge in [0.25, 0.3) is 0 Å². The van der Waals surface area contributed by atoms with Gasteiger partial charge in [-0.25, -0.2) is 15.0 Å². The molecule has 1 N–H and O–H groups in total. The third-order valence-corrected chi connectivity index (χ3v) is 6.43. The Kier molecular flexibility index (Phi) is 6.62. The molecule has 1 aromatic carbocycles. The van der Waals surface area contributed by atoms with Gasteiger partial charge in [-0.15, -0.1) is 0 Å². The van der Waals surface area contributed by atoms with Crippen molar-refractivity contribution < 1.29 is 0 Å².